The Kier molecular flexibility index (Phi) is 4.10. The summed E-state index contributed by atoms with van der Waals surface area (Å²) in [6.07, 6.45) is 2.67. The Morgan fingerprint density at radius 1 is 1.42 bits per heavy atom. The van der Waals surface area contributed by atoms with Gasteiger partial charge in [-0.05, 0) is 48.4 Å². The number of H-pyrrole nitrogens is 1. The fourth-order valence-electron chi connectivity index (χ4n) is 1.92. The van der Waals surface area contributed by atoms with Crippen LogP contribution in [0.1, 0.15) is 11.3 Å². The van der Waals surface area contributed by atoms with E-state index in [1.165, 1.54) is 5.56 Å². The molecular weight excluding hydrogens is 256 g/mol. The molecule has 4 heteroatoms. The van der Waals surface area contributed by atoms with E-state index in [1.807, 2.05) is 18.2 Å². The Morgan fingerprint density at radius 3 is 2.68 bits per heavy atom. The van der Waals surface area contributed by atoms with Crippen LogP contribution in [0.3, 0.4) is 0 Å². The van der Waals surface area contributed by atoms with Crippen LogP contribution in [0.15, 0.2) is 47.9 Å². The minimum absolute atomic E-state index is 0.529. The van der Waals surface area contributed by atoms with Gasteiger partial charge in [0.05, 0.1) is 0 Å². The summed E-state index contributed by atoms with van der Waals surface area (Å²) in [7, 11) is 0. The Hall–Kier alpha value is -1.96. The van der Waals surface area contributed by atoms with Crippen LogP contribution in [-0.4, -0.2) is 9.54 Å². The van der Waals surface area contributed by atoms with E-state index in [0.717, 1.165) is 23.4 Å². The Bertz CT molecular complexity index is 623. The molecule has 0 aliphatic carbocycles. The molecule has 1 atom stereocenters. The first kappa shape index (κ1) is 13.5. The van der Waals surface area contributed by atoms with Gasteiger partial charge >= 0.3 is 5.40 Å². The van der Waals surface area contributed by atoms with Crippen molar-refractivity contribution in [3.63, 3.8) is 0 Å². The number of aryl methyl sites for hydroxylation is 1. The lowest BCUT2D eigenvalue weighted by Crippen LogP contribution is -1.95. The van der Waals surface area contributed by atoms with Gasteiger partial charge in [0.15, 0.2) is 4.90 Å². The molecule has 0 bridgehead atoms. The predicted octanol–water partition coefficient (Wildman–Crippen LogP) is 3.31. The topological polar surface area (TPSA) is 62.6 Å². The van der Waals surface area contributed by atoms with E-state index in [4.69, 9.17) is 5.26 Å². The van der Waals surface area contributed by atoms with E-state index in [-0.39, 0.29) is 0 Å². The molecule has 0 aliphatic heterocycles. The van der Waals surface area contributed by atoms with Gasteiger partial charge in [-0.15, -0.1) is 11.8 Å². The highest BCUT2D eigenvalue weighted by Gasteiger charge is 2.11. The summed E-state index contributed by atoms with van der Waals surface area (Å²) >= 11 is -1.58. The van der Waals surface area contributed by atoms with Gasteiger partial charge in [0.25, 0.3) is 0 Å². The van der Waals surface area contributed by atoms with Crippen molar-refractivity contribution in [1.29, 1.82) is 5.26 Å². The Balaban J connectivity index is 2.30. The van der Waals surface area contributed by atoms with Crippen LogP contribution in [0.5, 0.6) is 0 Å². The molecule has 0 amide bonds. The predicted molar refractivity (Wildman–Crippen MR) is 76.9 cm³/mol. The third-order valence-corrected chi connectivity index (χ3v) is 3.80. The largest absolute Gasteiger partial charge is 0.597 e. The number of hydrogen-bond donors (Lipinski definition) is 1. The van der Waals surface area contributed by atoms with Crippen molar-refractivity contribution in [2.75, 3.05) is 0 Å². The summed E-state index contributed by atoms with van der Waals surface area (Å²) in [5, 5.41) is 10.3. The van der Waals surface area contributed by atoms with Crippen LogP contribution in [0.4, 0.5) is 0 Å². The maximum Gasteiger partial charge on any atom is 0.323 e. The standard InChI is InChI=1S/C15H14N2OS/c1-3-4-14-11(2)9-15(17-14)12-5-7-13(8-6-12)19(18)10-16/h3,5-9,17H,1,4H2,2H3. The number of allylic oxidation sites excluding steroid dienone is 1. The fourth-order valence-corrected chi connectivity index (χ4v) is 2.41. The lowest BCUT2D eigenvalue weighted by atomic mass is 10.1. The van der Waals surface area contributed by atoms with Crippen LogP contribution < -0.4 is 0 Å². The van der Waals surface area contributed by atoms with E-state index in [0.29, 0.717) is 4.90 Å². The van der Waals surface area contributed by atoms with Gasteiger partial charge in [-0.3, -0.25) is 0 Å². The molecule has 0 saturated heterocycles. The summed E-state index contributed by atoms with van der Waals surface area (Å²) in [5.41, 5.74) is 4.37. The molecule has 96 valence electrons. The Morgan fingerprint density at radius 2 is 2.11 bits per heavy atom. The van der Waals surface area contributed by atoms with E-state index in [1.54, 1.807) is 17.5 Å². The van der Waals surface area contributed by atoms with Gasteiger partial charge < -0.3 is 9.54 Å². The third-order valence-electron chi connectivity index (χ3n) is 2.93. The zero-order valence-electron chi connectivity index (χ0n) is 10.6. The average molecular weight is 270 g/mol. The summed E-state index contributed by atoms with van der Waals surface area (Å²) in [6, 6.07) is 9.26. The maximum absolute atomic E-state index is 11.3. The van der Waals surface area contributed by atoms with Gasteiger partial charge in [-0.2, -0.15) is 0 Å². The van der Waals surface area contributed by atoms with Crippen molar-refractivity contribution in [2.24, 2.45) is 0 Å². The number of nitrogens with zero attached hydrogens (tertiary/aromatic N) is 1. The van der Waals surface area contributed by atoms with Crippen molar-refractivity contribution in [3.05, 3.63) is 54.2 Å². The molecule has 1 aromatic carbocycles. The normalized spacial score (nSPS) is 11.8. The molecule has 1 unspecified atom stereocenters. The zero-order valence-corrected chi connectivity index (χ0v) is 11.5. The lowest BCUT2D eigenvalue weighted by Gasteiger charge is -2.01. The van der Waals surface area contributed by atoms with E-state index in [9.17, 15) is 4.55 Å². The van der Waals surface area contributed by atoms with Crippen molar-refractivity contribution < 1.29 is 4.55 Å². The van der Waals surface area contributed by atoms with Gasteiger partial charge in [0.2, 0.25) is 0 Å². The number of nitriles is 1. The zero-order chi connectivity index (χ0) is 13.8. The smallest absolute Gasteiger partial charge is 0.323 e. The second-order valence-electron chi connectivity index (χ2n) is 4.22. The molecule has 0 aliphatic rings. The molecule has 0 saturated carbocycles. The number of nitrogens with one attached hydrogen (secondary N) is 1. The lowest BCUT2D eigenvalue weighted by molar-refractivity contribution is 0.604. The molecule has 19 heavy (non-hydrogen) atoms. The number of aromatic nitrogens is 1. The SMILES string of the molecule is C=CCc1[nH]c(-c2ccc([S+]([O-])C#N)cc2)cc1C. The highest BCUT2D eigenvalue weighted by Crippen LogP contribution is 2.23. The molecule has 2 rings (SSSR count). The second-order valence-corrected chi connectivity index (χ2v) is 5.41. The van der Waals surface area contributed by atoms with Gasteiger partial charge in [0, 0.05) is 17.8 Å². The number of rotatable bonds is 4. The number of benzene rings is 1. The minimum atomic E-state index is -1.58. The van der Waals surface area contributed by atoms with Crippen LogP contribution in [0.25, 0.3) is 11.3 Å². The number of aromatic amines is 1. The van der Waals surface area contributed by atoms with Crippen LogP contribution in [0, 0.1) is 17.6 Å². The fraction of sp³-hybridized carbons (Fsp3) is 0.133. The highest BCUT2D eigenvalue weighted by molar-refractivity contribution is 7.95. The van der Waals surface area contributed by atoms with Crippen LogP contribution in [0.2, 0.25) is 0 Å². The first-order chi connectivity index (χ1) is 9.15. The first-order valence-electron chi connectivity index (χ1n) is 5.87. The van der Waals surface area contributed by atoms with Crippen molar-refractivity contribution in [3.8, 4) is 16.7 Å². The van der Waals surface area contributed by atoms with Crippen molar-refractivity contribution in [2.45, 2.75) is 18.2 Å². The molecule has 0 spiro atoms. The summed E-state index contributed by atoms with van der Waals surface area (Å²) in [6.45, 7) is 5.79. The molecule has 2 aromatic rings. The third kappa shape index (κ3) is 2.90. The van der Waals surface area contributed by atoms with Crippen LogP contribution >= 0.6 is 0 Å². The quantitative estimate of drug-likeness (QED) is 0.526. The van der Waals surface area contributed by atoms with Gasteiger partial charge in [0.1, 0.15) is 11.2 Å². The molecule has 1 N–H and O–H groups in total. The van der Waals surface area contributed by atoms with Gasteiger partial charge in [-0.25, -0.2) is 0 Å². The Labute approximate surface area is 115 Å². The van der Waals surface area contributed by atoms with E-state index in [2.05, 4.69) is 24.6 Å². The molecular formula is C15H14N2OS. The van der Waals surface area contributed by atoms with E-state index >= 15 is 0 Å². The first-order valence-corrected chi connectivity index (χ1v) is 7.02. The minimum Gasteiger partial charge on any atom is -0.597 e. The van der Waals surface area contributed by atoms with Crippen LogP contribution in [-0.2, 0) is 17.6 Å². The van der Waals surface area contributed by atoms with Crippen molar-refractivity contribution >= 4 is 11.2 Å². The maximum atomic E-state index is 11.3. The number of thiocyanates is 1. The molecule has 1 heterocycles. The monoisotopic (exact) mass is 270 g/mol. The molecule has 0 radical (unpaired) electrons. The second kappa shape index (κ2) is 5.79. The summed E-state index contributed by atoms with van der Waals surface area (Å²) in [5.74, 6) is 0. The summed E-state index contributed by atoms with van der Waals surface area (Å²) < 4.78 is 11.3. The highest BCUT2D eigenvalue weighted by atomic mass is 32.2. The molecule has 3 nitrogen and oxygen atoms in total. The van der Waals surface area contributed by atoms with Gasteiger partial charge in [-0.1, -0.05) is 6.08 Å². The molecule has 0 fully saturated rings. The summed E-state index contributed by atoms with van der Waals surface area (Å²) in [4.78, 5) is 3.88. The van der Waals surface area contributed by atoms with Crippen molar-refractivity contribution in [1.82, 2.24) is 4.98 Å². The number of hydrogen-bond acceptors (Lipinski definition) is 2. The average Bonchev–Trinajstić information content (AvgIpc) is 2.80. The van der Waals surface area contributed by atoms with E-state index < -0.39 is 11.2 Å². The molecule has 1 aromatic heterocycles.